The molecule has 14 heavy (non-hydrogen) atoms. The third-order valence-electron chi connectivity index (χ3n) is 1.75. The van der Waals surface area contributed by atoms with E-state index in [0.717, 1.165) is 0 Å². The summed E-state index contributed by atoms with van der Waals surface area (Å²) in [5.41, 5.74) is 0. The fourth-order valence-electron chi connectivity index (χ4n) is 0.960. The van der Waals surface area contributed by atoms with Gasteiger partial charge in [0.25, 0.3) is 5.91 Å². The van der Waals surface area contributed by atoms with E-state index in [0.29, 0.717) is 0 Å². The van der Waals surface area contributed by atoms with Gasteiger partial charge in [-0.3, -0.25) is 9.59 Å². The highest BCUT2D eigenvalue weighted by Crippen LogP contribution is 2.05. The second-order valence-corrected chi connectivity index (χ2v) is 3.30. The second-order valence-electron chi connectivity index (χ2n) is 3.30. The minimum absolute atomic E-state index is 0.0746. The van der Waals surface area contributed by atoms with Gasteiger partial charge in [0, 0.05) is 6.04 Å². The fraction of sp³-hybridized carbons (Fsp3) is 0.600. The van der Waals surface area contributed by atoms with E-state index in [2.05, 4.69) is 17.2 Å². The molecule has 0 bridgehead atoms. The van der Waals surface area contributed by atoms with E-state index >= 15 is 0 Å². The highest BCUT2D eigenvalue weighted by molar-refractivity contribution is 5.93. The zero-order valence-corrected chi connectivity index (χ0v) is 8.63. The first-order valence-electron chi connectivity index (χ1n) is 4.42. The molecule has 1 unspecified atom stereocenters. The largest absolute Gasteiger partial charge is 0.481 e. The molecule has 4 nitrogen and oxygen atoms in total. The van der Waals surface area contributed by atoms with E-state index in [-0.39, 0.29) is 18.4 Å². The highest BCUT2D eigenvalue weighted by Gasteiger charge is 2.18. The van der Waals surface area contributed by atoms with Crippen LogP contribution in [0.1, 0.15) is 27.2 Å². The predicted octanol–water partition coefficient (Wildman–Crippen LogP) is 0.625. The van der Waals surface area contributed by atoms with Gasteiger partial charge in [0.1, 0.15) is 0 Å². The molecule has 0 fully saturated rings. The minimum Gasteiger partial charge on any atom is -0.481 e. The Morgan fingerprint density at radius 3 is 2.36 bits per heavy atom. The molecule has 0 radical (unpaired) electrons. The Bertz CT molecular complexity index is 273. The van der Waals surface area contributed by atoms with Gasteiger partial charge < -0.3 is 10.4 Å². The molecular formula is C10H15NO3. The summed E-state index contributed by atoms with van der Waals surface area (Å²) in [6, 6.07) is -0.360. The average molecular weight is 197 g/mol. The molecule has 0 aliphatic heterocycles. The molecule has 0 saturated heterocycles. The van der Waals surface area contributed by atoms with Crippen molar-refractivity contribution in [3.05, 3.63) is 0 Å². The van der Waals surface area contributed by atoms with Crippen LogP contribution >= 0.6 is 0 Å². The van der Waals surface area contributed by atoms with Gasteiger partial charge in [-0.25, -0.2) is 0 Å². The molecule has 0 aromatic heterocycles. The van der Waals surface area contributed by atoms with Crippen LogP contribution in [0.25, 0.3) is 0 Å². The third-order valence-corrected chi connectivity index (χ3v) is 1.75. The van der Waals surface area contributed by atoms with Gasteiger partial charge >= 0.3 is 5.97 Å². The number of rotatable bonds is 4. The Morgan fingerprint density at radius 1 is 1.43 bits per heavy atom. The normalized spacial score (nSPS) is 11.4. The molecule has 0 saturated carbocycles. The molecule has 0 rings (SSSR count). The molecule has 0 aliphatic rings. The van der Waals surface area contributed by atoms with Crippen LogP contribution in [0.15, 0.2) is 0 Å². The molecule has 2 N–H and O–H groups in total. The first-order chi connectivity index (χ1) is 6.47. The average Bonchev–Trinajstić information content (AvgIpc) is 2.02. The lowest BCUT2D eigenvalue weighted by Crippen LogP contribution is -2.39. The zero-order valence-electron chi connectivity index (χ0n) is 8.63. The van der Waals surface area contributed by atoms with Crippen LogP contribution in [0.5, 0.6) is 0 Å². The Kier molecular flexibility index (Phi) is 5.38. The van der Waals surface area contributed by atoms with E-state index in [1.165, 1.54) is 0 Å². The quantitative estimate of drug-likeness (QED) is 0.649. The van der Waals surface area contributed by atoms with Crippen molar-refractivity contribution in [2.45, 2.75) is 33.2 Å². The van der Waals surface area contributed by atoms with E-state index in [1.807, 2.05) is 13.8 Å². The van der Waals surface area contributed by atoms with E-state index in [4.69, 9.17) is 5.11 Å². The number of aliphatic carboxylic acids is 1. The number of carbonyl (C=O) groups is 2. The van der Waals surface area contributed by atoms with Crippen LogP contribution in [-0.4, -0.2) is 23.0 Å². The first kappa shape index (κ1) is 12.5. The summed E-state index contributed by atoms with van der Waals surface area (Å²) < 4.78 is 0. The number of nitrogens with one attached hydrogen (secondary N) is 1. The maximum Gasteiger partial charge on any atom is 0.305 e. The van der Waals surface area contributed by atoms with Gasteiger partial charge in [-0.15, -0.1) is 0 Å². The van der Waals surface area contributed by atoms with Crippen LogP contribution in [0, 0.1) is 17.8 Å². The molecule has 1 atom stereocenters. The van der Waals surface area contributed by atoms with Crippen molar-refractivity contribution < 1.29 is 14.7 Å². The molecule has 0 spiro atoms. The third kappa shape index (κ3) is 5.20. The molecule has 78 valence electrons. The van der Waals surface area contributed by atoms with Gasteiger partial charge in [0.05, 0.1) is 6.42 Å². The van der Waals surface area contributed by atoms with Crippen LogP contribution in [-0.2, 0) is 9.59 Å². The molecular weight excluding hydrogens is 182 g/mol. The molecule has 1 amide bonds. The standard InChI is InChI=1S/C10H15NO3/c1-4-5-9(12)11-8(7(2)3)6-10(13)14/h7-8H,6H2,1-3H3,(H,11,12)(H,13,14). The molecule has 4 heteroatoms. The zero-order chi connectivity index (χ0) is 11.1. The van der Waals surface area contributed by atoms with E-state index in [9.17, 15) is 9.59 Å². The summed E-state index contributed by atoms with van der Waals surface area (Å²) in [7, 11) is 0. The van der Waals surface area contributed by atoms with Crippen LogP contribution in [0.3, 0.4) is 0 Å². The van der Waals surface area contributed by atoms with Crippen molar-refractivity contribution in [1.29, 1.82) is 0 Å². The van der Waals surface area contributed by atoms with Crippen LogP contribution < -0.4 is 5.32 Å². The molecule has 0 aromatic carbocycles. The minimum atomic E-state index is -0.923. The number of carbonyl (C=O) groups excluding carboxylic acids is 1. The Balaban J connectivity index is 4.27. The maximum absolute atomic E-state index is 11.1. The first-order valence-corrected chi connectivity index (χ1v) is 4.42. The Hall–Kier alpha value is -1.50. The summed E-state index contributed by atoms with van der Waals surface area (Å²) in [4.78, 5) is 21.5. The number of amides is 1. The number of carboxylic acid groups (broad SMARTS) is 1. The number of hydrogen-bond donors (Lipinski definition) is 2. The summed E-state index contributed by atoms with van der Waals surface area (Å²) in [6.45, 7) is 5.27. The second kappa shape index (κ2) is 6.03. The van der Waals surface area contributed by atoms with E-state index < -0.39 is 11.9 Å². The Labute approximate surface area is 83.7 Å². The predicted molar refractivity (Wildman–Crippen MR) is 52.5 cm³/mol. The topological polar surface area (TPSA) is 66.4 Å². The van der Waals surface area contributed by atoms with Gasteiger partial charge in [0.15, 0.2) is 0 Å². The van der Waals surface area contributed by atoms with Crippen molar-refractivity contribution in [1.82, 2.24) is 5.32 Å². The summed E-state index contributed by atoms with van der Waals surface area (Å²) in [5.74, 6) is 3.50. The lowest BCUT2D eigenvalue weighted by molar-refractivity contribution is -0.138. The number of hydrogen-bond acceptors (Lipinski definition) is 2. The number of carboxylic acids is 1. The van der Waals surface area contributed by atoms with Gasteiger partial charge in [0.2, 0.25) is 0 Å². The van der Waals surface area contributed by atoms with Gasteiger partial charge in [-0.2, -0.15) is 0 Å². The maximum atomic E-state index is 11.1. The molecule has 0 heterocycles. The van der Waals surface area contributed by atoms with Crippen molar-refractivity contribution in [2.24, 2.45) is 5.92 Å². The monoisotopic (exact) mass is 197 g/mol. The summed E-state index contributed by atoms with van der Waals surface area (Å²) in [6.07, 6.45) is -0.0746. The highest BCUT2D eigenvalue weighted by atomic mass is 16.4. The SMILES string of the molecule is CC#CC(=O)NC(CC(=O)O)C(C)C. The smallest absolute Gasteiger partial charge is 0.305 e. The lowest BCUT2D eigenvalue weighted by Gasteiger charge is -2.18. The fourth-order valence-corrected chi connectivity index (χ4v) is 0.960. The summed E-state index contributed by atoms with van der Waals surface area (Å²) in [5, 5.41) is 11.1. The van der Waals surface area contributed by atoms with Crippen molar-refractivity contribution in [2.75, 3.05) is 0 Å². The lowest BCUT2D eigenvalue weighted by atomic mass is 10.0. The van der Waals surface area contributed by atoms with Crippen LogP contribution in [0.4, 0.5) is 0 Å². The van der Waals surface area contributed by atoms with Crippen molar-refractivity contribution in [3.8, 4) is 11.8 Å². The van der Waals surface area contributed by atoms with E-state index in [1.54, 1.807) is 6.92 Å². The molecule has 0 aromatic rings. The Morgan fingerprint density at radius 2 is 2.00 bits per heavy atom. The van der Waals surface area contributed by atoms with Crippen LogP contribution in [0.2, 0.25) is 0 Å². The van der Waals surface area contributed by atoms with Gasteiger partial charge in [-0.1, -0.05) is 19.8 Å². The molecule has 0 aliphatic carbocycles. The van der Waals surface area contributed by atoms with Crippen molar-refractivity contribution >= 4 is 11.9 Å². The van der Waals surface area contributed by atoms with Crippen molar-refractivity contribution in [3.63, 3.8) is 0 Å². The van der Waals surface area contributed by atoms with Gasteiger partial charge in [-0.05, 0) is 18.8 Å². The summed E-state index contributed by atoms with van der Waals surface area (Å²) >= 11 is 0.